The number of hydrogen-bond acceptors (Lipinski definition) is 7. The molecule has 5 aliphatic rings. The van der Waals surface area contributed by atoms with Gasteiger partial charge in [-0.2, -0.15) is 0 Å². The summed E-state index contributed by atoms with van der Waals surface area (Å²) in [6.07, 6.45) is 4.94. The molecule has 8 nitrogen and oxygen atoms in total. The minimum absolute atomic E-state index is 0.0302. The van der Waals surface area contributed by atoms with Crippen LogP contribution in [0.1, 0.15) is 100 Å². The number of aliphatic carboxylic acids is 1. The SMILES string of the molecule is CC(=O)OC[C@@]1(C)[C@@H]2CC[C@]3(C)[C@H](C(=O)C=C4[C@@H]5[C@@H](C)[C@H](C)CC[C@]5(C(=O)O)CC[C@]43C)[C@@]2(C)CC(=O)[C@@H]1OC(C)=O. The number of ketones is 2. The van der Waals surface area contributed by atoms with Crippen LogP contribution in [0.4, 0.5) is 0 Å². The van der Waals surface area contributed by atoms with Crippen LogP contribution in [-0.4, -0.2) is 47.3 Å². The van der Waals surface area contributed by atoms with Crippen LogP contribution in [0, 0.1) is 56.7 Å². The largest absolute Gasteiger partial charge is 0.481 e. The number of fused-ring (bicyclic) bond motifs is 7. The molecule has 42 heavy (non-hydrogen) atoms. The summed E-state index contributed by atoms with van der Waals surface area (Å²) < 4.78 is 11.1. The number of carbonyl (C=O) groups excluding carboxylic acids is 4. The Morgan fingerprint density at radius 3 is 2.21 bits per heavy atom. The molecule has 232 valence electrons. The van der Waals surface area contributed by atoms with Gasteiger partial charge in [0.2, 0.25) is 0 Å². The number of ether oxygens (including phenoxy) is 2. The number of Topliss-reactive ketones (excluding diaryl/α,β-unsaturated/α-hetero) is 1. The van der Waals surface area contributed by atoms with Crippen molar-refractivity contribution in [3.05, 3.63) is 11.6 Å². The topological polar surface area (TPSA) is 124 Å². The Morgan fingerprint density at radius 1 is 0.952 bits per heavy atom. The average Bonchev–Trinajstić information content (AvgIpc) is 2.88. The molecule has 0 spiro atoms. The molecule has 5 aliphatic carbocycles. The molecule has 0 aromatic carbocycles. The minimum Gasteiger partial charge on any atom is -0.481 e. The van der Waals surface area contributed by atoms with Gasteiger partial charge in [0, 0.05) is 31.6 Å². The summed E-state index contributed by atoms with van der Waals surface area (Å²) in [5.74, 6) is -2.50. The van der Waals surface area contributed by atoms with Gasteiger partial charge in [0.05, 0.1) is 5.41 Å². The number of rotatable bonds is 4. The number of carbonyl (C=O) groups is 5. The molecule has 4 fully saturated rings. The van der Waals surface area contributed by atoms with E-state index in [1.165, 1.54) is 13.8 Å². The predicted molar refractivity (Wildman–Crippen MR) is 154 cm³/mol. The lowest BCUT2D eigenvalue weighted by molar-refractivity contribution is -0.220. The third kappa shape index (κ3) is 3.94. The maximum absolute atomic E-state index is 14.6. The number of esters is 2. The van der Waals surface area contributed by atoms with Crippen LogP contribution < -0.4 is 0 Å². The van der Waals surface area contributed by atoms with Crippen molar-refractivity contribution in [3.8, 4) is 0 Å². The van der Waals surface area contributed by atoms with Gasteiger partial charge >= 0.3 is 17.9 Å². The molecule has 11 atom stereocenters. The van der Waals surface area contributed by atoms with Crippen LogP contribution in [0.2, 0.25) is 0 Å². The van der Waals surface area contributed by atoms with Gasteiger partial charge in [0.25, 0.3) is 0 Å². The second-order valence-electron chi connectivity index (χ2n) is 15.5. The van der Waals surface area contributed by atoms with Crippen molar-refractivity contribution < 1.29 is 38.6 Å². The van der Waals surface area contributed by atoms with Gasteiger partial charge in [-0.3, -0.25) is 24.0 Å². The maximum atomic E-state index is 14.6. The standard InChI is InChI=1S/C34H48O8/c1-18-9-12-34(29(39)40)14-13-32(7)22(26(34)19(18)2)15-23(37)27-30(5)16-24(38)28(42-21(4)36)31(6,17-41-20(3)35)25(30)10-11-33(27,32)8/h15,18-19,25-28H,9-14,16-17H2,1-8H3,(H,39,40)/t18-,19+,25-,26+,27-,28+,30+,31+,32-,33-,34+/m1/s1. The summed E-state index contributed by atoms with van der Waals surface area (Å²) in [6.45, 7) is 15.2. The molecular formula is C34H48O8. The lowest BCUT2D eigenvalue weighted by Gasteiger charge is -2.70. The van der Waals surface area contributed by atoms with E-state index in [0.717, 1.165) is 12.0 Å². The van der Waals surface area contributed by atoms with Gasteiger partial charge in [-0.1, -0.05) is 47.1 Å². The van der Waals surface area contributed by atoms with Crippen molar-refractivity contribution in [3.63, 3.8) is 0 Å². The Bertz CT molecular complexity index is 1270. The van der Waals surface area contributed by atoms with E-state index < -0.39 is 57.0 Å². The lowest BCUT2D eigenvalue weighted by atomic mass is 9.33. The zero-order chi connectivity index (χ0) is 31.2. The maximum Gasteiger partial charge on any atom is 0.310 e. The molecule has 0 heterocycles. The average molecular weight is 585 g/mol. The number of carboxylic acid groups (broad SMARTS) is 1. The highest BCUT2D eigenvalue weighted by molar-refractivity contribution is 5.97. The van der Waals surface area contributed by atoms with Crippen LogP contribution in [0.3, 0.4) is 0 Å². The van der Waals surface area contributed by atoms with E-state index in [2.05, 4.69) is 27.7 Å². The first-order chi connectivity index (χ1) is 19.4. The first-order valence-corrected chi connectivity index (χ1v) is 15.7. The molecule has 0 aromatic rings. The third-order valence-corrected chi connectivity index (χ3v) is 13.5. The molecule has 1 N–H and O–H groups in total. The third-order valence-electron chi connectivity index (χ3n) is 13.5. The molecule has 5 rings (SSSR count). The summed E-state index contributed by atoms with van der Waals surface area (Å²) in [5.41, 5.74) is -2.51. The van der Waals surface area contributed by atoms with E-state index in [0.29, 0.717) is 38.0 Å². The Labute approximate surface area is 249 Å². The molecule has 0 saturated heterocycles. The van der Waals surface area contributed by atoms with Gasteiger partial charge < -0.3 is 14.6 Å². The van der Waals surface area contributed by atoms with E-state index >= 15 is 0 Å². The fourth-order valence-corrected chi connectivity index (χ4v) is 11.2. The van der Waals surface area contributed by atoms with E-state index in [4.69, 9.17) is 9.47 Å². The molecule has 0 radical (unpaired) electrons. The van der Waals surface area contributed by atoms with E-state index in [-0.39, 0.29) is 42.3 Å². The Hall–Kier alpha value is -2.51. The highest BCUT2D eigenvalue weighted by Crippen LogP contribution is 2.75. The fourth-order valence-electron chi connectivity index (χ4n) is 11.2. The first kappa shape index (κ1) is 30.9. The first-order valence-electron chi connectivity index (χ1n) is 15.7. The van der Waals surface area contributed by atoms with E-state index in [1.54, 1.807) is 6.08 Å². The van der Waals surface area contributed by atoms with Crippen LogP contribution >= 0.6 is 0 Å². The Morgan fingerprint density at radius 2 is 1.62 bits per heavy atom. The van der Waals surface area contributed by atoms with Gasteiger partial charge in [0.1, 0.15) is 6.61 Å². The Balaban J connectivity index is 1.65. The fraction of sp³-hybridized carbons (Fsp3) is 0.794. The van der Waals surface area contributed by atoms with Crippen LogP contribution in [0.15, 0.2) is 11.6 Å². The Kier molecular flexibility index (Phi) is 7.18. The van der Waals surface area contributed by atoms with Crippen molar-refractivity contribution in [2.45, 2.75) is 106 Å². The van der Waals surface area contributed by atoms with Gasteiger partial charge in [-0.25, -0.2) is 0 Å². The van der Waals surface area contributed by atoms with Crippen molar-refractivity contribution in [1.82, 2.24) is 0 Å². The smallest absolute Gasteiger partial charge is 0.310 e. The quantitative estimate of drug-likeness (QED) is 0.426. The second-order valence-corrected chi connectivity index (χ2v) is 15.5. The van der Waals surface area contributed by atoms with Gasteiger partial charge in [-0.15, -0.1) is 0 Å². The van der Waals surface area contributed by atoms with Gasteiger partial charge in [-0.05, 0) is 84.5 Å². The van der Waals surface area contributed by atoms with E-state index in [1.807, 2.05) is 13.8 Å². The van der Waals surface area contributed by atoms with Crippen molar-refractivity contribution in [2.75, 3.05) is 6.61 Å². The molecule has 4 saturated carbocycles. The van der Waals surface area contributed by atoms with Crippen molar-refractivity contribution >= 4 is 29.5 Å². The van der Waals surface area contributed by atoms with Crippen LogP contribution in [0.25, 0.3) is 0 Å². The lowest BCUT2D eigenvalue weighted by Crippen LogP contribution is -2.69. The zero-order valence-electron chi connectivity index (χ0n) is 26.5. The van der Waals surface area contributed by atoms with Crippen LogP contribution in [-0.2, 0) is 33.4 Å². The predicted octanol–water partition coefficient (Wildman–Crippen LogP) is 5.56. The minimum atomic E-state index is -1.06. The molecular weight excluding hydrogens is 536 g/mol. The van der Waals surface area contributed by atoms with Crippen LogP contribution in [0.5, 0.6) is 0 Å². The summed E-state index contributed by atoms with van der Waals surface area (Å²) in [4.78, 5) is 65.4. The van der Waals surface area contributed by atoms with Crippen molar-refractivity contribution in [1.29, 1.82) is 0 Å². The van der Waals surface area contributed by atoms with E-state index in [9.17, 15) is 29.1 Å². The molecule has 0 aromatic heterocycles. The number of hydrogen-bond donors (Lipinski definition) is 1. The molecule has 0 bridgehead atoms. The number of allylic oxidation sites excluding steroid dienone is 2. The normalized spacial score (nSPS) is 48.0. The molecule has 0 unspecified atom stereocenters. The van der Waals surface area contributed by atoms with Gasteiger partial charge in [0.15, 0.2) is 17.7 Å². The number of carboxylic acids is 1. The highest BCUT2D eigenvalue weighted by atomic mass is 16.6. The molecule has 0 amide bonds. The summed E-state index contributed by atoms with van der Waals surface area (Å²) in [5, 5.41) is 10.6. The summed E-state index contributed by atoms with van der Waals surface area (Å²) in [7, 11) is 0. The summed E-state index contributed by atoms with van der Waals surface area (Å²) >= 11 is 0. The molecule has 8 heteroatoms. The highest BCUT2D eigenvalue weighted by Gasteiger charge is 2.73. The van der Waals surface area contributed by atoms with Crippen molar-refractivity contribution in [2.24, 2.45) is 56.7 Å². The zero-order valence-corrected chi connectivity index (χ0v) is 26.5. The molecule has 0 aliphatic heterocycles. The monoisotopic (exact) mass is 584 g/mol. The summed E-state index contributed by atoms with van der Waals surface area (Å²) in [6, 6.07) is 0. The second kappa shape index (κ2) is 9.75.